The largest absolute Gasteiger partial charge is 0.379 e. The minimum absolute atomic E-state index is 0.306. The molecule has 1 unspecified atom stereocenters. The molecule has 6 heteroatoms. The van der Waals surface area contributed by atoms with Crippen molar-refractivity contribution in [3.05, 3.63) is 0 Å². The fraction of sp³-hybridized carbons (Fsp3) is 0.947. The van der Waals surface area contributed by atoms with Gasteiger partial charge in [-0.05, 0) is 64.6 Å². The Hall–Kier alpha value is -0.850. The Balaban J connectivity index is 1.59. The quantitative estimate of drug-likeness (QED) is 0.356. The monoisotopic (exact) mass is 354 g/mol. The molecular formula is C19H38N4O2. The zero-order valence-corrected chi connectivity index (χ0v) is 16.3. The van der Waals surface area contributed by atoms with Crippen LogP contribution < -0.4 is 10.6 Å². The van der Waals surface area contributed by atoms with E-state index in [1.54, 1.807) is 0 Å². The van der Waals surface area contributed by atoms with Crippen molar-refractivity contribution in [1.29, 1.82) is 0 Å². The van der Waals surface area contributed by atoms with E-state index in [0.29, 0.717) is 6.10 Å². The molecule has 0 aromatic rings. The first-order valence-corrected chi connectivity index (χ1v) is 10.3. The van der Waals surface area contributed by atoms with Crippen LogP contribution in [0.25, 0.3) is 0 Å². The van der Waals surface area contributed by atoms with Crippen LogP contribution in [0.3, 0.4) is 0 Å². The van der Waals surface area contributed by atoms with Gasteiger partial charge >= 0.3 is 0 Å². The van der Waals surface area contributed by atoms with Crippen molar-refractivity contribution in [2.45, 2.75) is 52.1 Å². The molecule has 2 aliphatic heterocycles. The topological polar surface area (TPSA) is 58.1 Å². The Morgan fingerprint density at radius 2 is 2.04 bits per heavy atom. The molecule has 2 fully saturated rings. The molecule has 25 heavy (non-hydrogen) atoms. The zero-order chi connectivity index (χ0) is 17.7. The van der Waals surface area contributed by atoms with Gasteiger partial charge < -0.3 is 25.0 Å². The van der Waals surface area contributed by atoms with Crippen molar-refractivity contribution in [1.82, 2.24) is 15.5 Å². The summed E-state index contributed by atoms with van der Waals surface area (Å²) in [7, 11) is 0. The third kappa shape index (κ3) is 8.38. The summed E-state index contributed by atoms with van der Waals surface area (Å²) < 4.78 is 11.1. The number of aliphatic imine (C=N–C) groups is 1. The predicted molar refractivity (Wildman–Crippen MR) is 103 cm³/mol. The summed E-state index contributed by atoms with van der Waals surface area (Å²) in [4.78, 5) is 7.38. The SMILES string of the molecule is CCCN1CCC(CN=C(NCC)NCCCOC2CCOC2)CC1. The van der Waals surface area contributed by atoms with E-state index < -0.39 is 0 Å². The van der Waals surface area contributed by atoms with E-state index in [9.17, 15) is 0 Å². The van der Waals surface area contributed by atoms with Crippen molar-refractivity contribution in [2.24, 2.45) is 10.9 Å². The van der Waals surface area contributed by atoms with Crippen molar-refractivity contribution in [3.63, 3.8) is 0 Å². The van der Waals surface area contributed by atoms with Gasteiger partial charge in [-0.3, -0.25) is 4.99 Å². The van der Waals surface area contributed by atoms with Gasteiger partial charge in [0.25, 0.3) is 0 Å². The Morgan fingerprint density at radius 3 is 2.72 bits per heavy atom. The molecule has 0 aromatic heterocycles. The molecule has 0 aliphatic carbocycles. The minimum Gasteiger partial charge on any atom is -0.379 e. The second-order valence-electron chi connectivity index (χ2n) is 7.14. The number of hydrogen-bond acceptors (Lipinski definition) is 4. The Kier molecular flexibility index (Phi) is 10.2. The molecule has 0 saturated carbocycles. The molecule has 0 radical (unpaired) electrons. The number of guanidine groups is 1. The summed E-state index contributed by atoms with van der Waals surface area (Å²) in [5, 5.41) is 6.78. The van der Waals surface area contributed by atoms with Gasteiger partial charge in [-0.1, -0.05) is 6.92 Å². The molecule has 2 rings (SSSR count). The number of hydrogen-bond donors (Lipinski definition) is 2. The Labute approximate surface area is 153 Å². The van der Waals surface area contributed by atoms with E-state index in [1.165, 1.54) is 38.9 Å². The highest BCUT2D eigenvalue weighted by Gasteiger charge is 2.18. The van der Waals surface area contributed by atoms with E-state index in [2.05, 4.69) is 29.4 Å². The molecule has 2 saturated heterocycles. The van der Waals surface area contributed by atoms with Gasteiger partial charge in [0.05, 0.1) is 12.7 Å². The number of nitrogens with zero attached hydrogens (tertiary/aromatic N) is 2. The summed E-state index contributed by atoms with van der Waals surface area (Å²) in [5.41, 5.74) is 0. The molecule has 0 spiro atoms. The normalized spacial score (nSPS) is 23.1. The number of ether oxygens (including phenoxy) is 2. The molecule has 2 aliphatic rings. The van der Waals surface area contributed by atoms with Crippen LogP contribution >= 0.6 is 0 Å². The predicted octanol–water partition coefficient (Wildman–Crippen LogP) is 1.86. The highest BCUT2D eigenvalue weighted by Crippen LogP contribution is 2.17. The van der Waals surface area contributed by atoms with Crippen LogP contribution in [0.1, 0.15) is 46.0 Å². The van der Waals surface area contributed by atoms with Gasteiger partial charge in [-0.2, -0.15) is 0 Å². The third-order valence-electron chi connectivity index (χ3n) is 4.95. The smallest absolute Gasteiger partial charge is 0.191 e. The highest BCUT2D eigenvalue weighted by atomic mass is 16.5. The Bertz CT molecular complexity index is 364. The molecular weight excluding hydrogens is 316 g/mol. The standard InChI is InChI=1S/C19H38N4O2/c1-3-10-23-11-6-17(7-12-23)15-22-19(20-4-2)21-9-5-13-25-18-8-14-24-16-18/h17-18H,3-16H2,1-2H3,(H2,20,21,22). The lowest BCUT2D eigenvalue weighted by molar-refractivity contribution is 0.0420. The second kappa shape index (κ2) is 12.5. The summed E-state index contributed by atoms with van der Waals surface area (Å²) in [5.74, 6) is 1.68. The van der Waals surface area contributed by atoms with Gasteiger partial charge in [-0.25, -0.2) is 0 Å². The Morgan fingerprint density at radius 1 is 1.20 bits per heavy atom. The number of rotatable bonds is 10. The van der Waals surface area contributed by atoms with Crippen LogP contribution in [-0.2, 0) is 9.47 Å². The molecule has 0 bridgehead atoms. The lowest BCUT2D eigenvalue weighted by atomic mass is 9.97. The number of piperidine rings is 1. The minimum atomic E-state index is 0.306. The van der Waals surface area contributed by atoms with E-state index in [0.717, 1.165) is 64.2 Å². The molecule has 146 valence electrons. The molecule has 0 aromatic carbocycles. The van der Waals surface area contributed by atoms with Crippen LogP contribution in [-0.4, -0.2) is 76.1 Å². The fourth-order valence-electron chi connectivity index (χ4n) is 3.44. The van der Waals surface area contributed by atoms with Crippen LogP contribution in [0.15, 0.2) is 4.99 Å². The number of likely N-dealkylation sites (tertiary alicyclic amines) is 1. The average Bonchev–Trinajstić information content (AvgIpc) is 3.14. The molecule has 6 nitrogen and oxygen atoms in total. The molecule has 1 atom stereocenters. The van der Waals surface area contributed by atoms with Crippen LogP contribution in [0.2, 0.25) is 0 Å². The lowest BCUT2D eigenvalue weighted by Crippen LogP contribution is -2.39. The summed E-state index contributed by atoms with van der Waals surface area (Å²) in [6.45, 7) is 13.2. The number of nitrogens with one attached hydrogen (secondary N) is 2. The third-order valence-corrected chi connectivity index (χ3v) is 4.95. The van der Waals surface area contributed by atoms with Crippen molar-refractivity contribution in [2.75, 3.05) is 59.1 Å². The van der Waals surface area contributed by atoms with Crippen LogP contribution in [0.5, 0.6) is 0 Å². The first kappa shape index (κ1) is 20.5. The van der Waals surface area contributed by atoms with Crippen LogP contribution in [0.4, 0.5) is 0 Å². The maximum atomic E-state index is 5.80. The van der Waals surface area contributed by atoms with E-state index in [4.69, 9.17) is 14.5 Å². The second-order valence-corrected chi connectivity index (χ2v) is 7.14. The fourth-order valence-corrected chi connectivity index (χ4v) is 3.44. The van der Waals surface area contributed by atoms with Gasteiger partial charge in [0.15, 0.2) is 5.96 Å². The molecule has 0 amide bonds. The van der Waals surface area contributed by atoms with Gasteiger partial charge in [0, 0.05) is 32.8 Å². The summed E-state index contributed by atoms with van der Waals surface area (Å²) in [6, 6.07) is 0. The first-order chi connectivity index (χ1) is 12.3. The van der Waals surface area contributed by atoms with Crippen molar-refractivity contribution < 1.29 is 9.47 Å². The van der Waals surface area contributed by atoms with E-state index >= 15 is 0 Å². The average molecular weight is 355 g/mol. The lowest BCUT2D eigenvalue weighted by Gasteiger charge is -2.31. The van der Waals surface area contributed by atoms with Gasteiger partial charge in [-0.15, -0.1) is 0 Å². The molecule has 2 N–H and O–H groups in total. The van der Waals surface area contributed by atoms with Crippen LogP contribution in [0, 0.1) is 5.92 Å². The first-order valence-electron chi connectivity index (χ1n) is 10.3. The van der Waals surface area contributed by atoms with E-state index in [-0.39, 0.29) is 0 Å². The van der Waals surface area contributed by atoms with Gasteiger partial charge in [0.2, 0.25) is 0 Å². The maximum Gasteiger partial charge on any atom is 0.191 e. The summed E-state index contributed by atoms with van der Waals surface area (Å²) >= 11 is 0. The zero-order valence-electron chi connectivity index (χ0n) is 16.3. The summed E-state index contributed by atoms with van der Waals surface area (Å²) in [6.07, 6.45) is 6.15. The van der Waals surface area contributed by atoms with Crippen molar-refractivity contribution in [3.8, 4) is 0 Å². The van der Waals surface area contributed by atoms with Crippen molar-refractivity contribution >= 4 is 5.96 Å². The maximum absolute atomic E-state index is 5.80. The van der Waals surface area contributed by atoms with Gasteiger partial charge in [0.1, 0.15) is 0 Å². The molecule has 2 heterocycles. The van der Waals surface area contributed by atoms with E-state index in [1.807, 2.05) is 0 Å². The highest BCUT2D eigenvalue weighted by molar-refractivity contribution is 5.79.